The van der Waals surface area contributed by atoms with Crippen LogP contribution in [0.25, 0.3) is 0 Å². The molecule has 0 aromatic rings. The van der Waals surface area contributed by atoms with Gasteiger partial charge in [0.2, 0.25) is 0 Å². The van der Waals surface area contributed by atoms with Crippen LogP contribution >= 0.6 is 0 Å². The van der Waals surface area contributed by atoms with Crippen molar-refractivity contribution in [1.82, 2.24) is 0 Å². The second kappa shape index (κ2) is 3.20. The fourth-order valence-corrected chi connectivity index (χ4v) is 0.711. The van der Waals surface area contributed by atoms with Crippen LogP contribution in [0.2, 0.25) is 6.32 Å². The quantitative estimate of drug-likeness (QED) is 0.409. The summed E-state index contributed by atoms with van der Waals surface area (Å²) in [5.41, 5.74) is 0. The monoisotopic (exact) mass is 130 g/mol. The van der Waals surface area contributed by atoms with Crippen LogP contribution in [0.15, 0.2) is 0 Å². The average molecular weight is 130 g/mol. The molecule has 0 bridgehead atoms. The maximum absolute atomic E-state index is 5.26. The standard InChI is InChI=1S/C5H11BO3/c1-5(2)8-6-3-4-7-9-6/h5H,3-4H2,1-2H3. The van der Waals surface area contributed by atoms with Crippen molar-refractivity contribution >= 4 is 7.12 Å². The molecular formula is C5H11BO3. The lowest BCUT2D eigenvalue weighted by atomic mass is 9.86. The minimum absolute atomic E-state index is 0.134. The summed E-state index contributed by atoms with van der Waals surface area (Å²) in [6, 6.07) is 0. The third-order valence-electron chi connectivity index (χ3n) is 1.04. The Labute approximate surface area is 55.4 Å². The van der Waals surface area contributed by atoms with E-state index in [-0.39, 0.29) is 13.2 Å². The van der Waals surface area contributed by atoms with Gasteiger partial charge in [0.1, 0.15) is 0 Å². The minimum Gasteiger partial charge on any atom is -0.407 e. The van der Waals surface area contributed by atoms with E-state index in [1.54, 1.807) is 0 Å². The summed E-state index contributed by atoms with van der Waals surface area (Å²) >= 11 is 0. The molecule has 1 aliphatic rings. The van der Waals surface area contributed by atoms with Gasteiger partial charge >= 0.3 is 7.12 Å². The third kappa shape index (κ3) is 2.34. The molecule has 0 radical (unpaired) electrons. The van der Waals surface area contributed by atoms with Crippen molar-refractivity contribution < 1.29 is 14.3 Å². The zero-order chi connectivity index (χ0) is 6.69. The molecule has 3 nitrogen and oxygen atoms in total. The molecule has 52 valence electrons. The molecule has 1 saturated heterocycles. The predicted molar refractivity (Wildman–Crippen MR) is 33.8 cm³/mol. The van der Waals surface area contributed by atoms with Crippen molar-refractivity contribution in [3.05, 3.63) is 0 Å². The van der Waals surface area contributed by atoms with Crippen molar-refractivity contribution in [2.24, 2.45) is 0 Å². The molecule has 0 spiro atoms. The van der Waals surface area contributed by atoms with Crippen molar-refractivity contribution in [3.63, 3.8) is 0 Å². The largest absolute Gasteiger partial charge is 0.492 e. The Balaban J connectivity index is 2.11. The van der Waals surface area contributed by atoms with E-state index in [1.165, 1.54) is 0 Å². The summed E-state index contributed by atoms with van der Waals surface area (Å²) in [5.74, 6) is 0. The van der Waals surface area contributed by atoms with Crippen LogP contribution in [0.5, 0.6) is 0 Å². The van der Waals surface area contributed by atoms with Crippen LogP contribution < -0.4 is 0 Å². The highest BCUT2D eigenvalue weighted by Gasteiger charge is 2.26. The van der Waals surface area contributed by atoms with E-state index in [0.29, 0.717) is 6.61 Å². The molecule has 4 heteroatoms. The van der Waals surface area contributed by atoms with Crippen LogP contribution in [0.3, 0.4) is 0 Å². The maximum atomic E-state index is 5.26. The first-order chi connectivity index (χ1) is 4.29. The molecule has 1 aliphatic heterocycles. The van der Waals surface area contributed by atoms with E-state index in [4.69, 9.17) is 9.46 Å². The lowest BCUT2D eigenvalue weighted by Crippen LogP contribution is -2.20. The average Bonchev–Trinajstić information content (AvgIpc) is 2.15. The van der Waals surface area contributed by atoms with Gasteiger partial charge < -0.3 is 4.65 Å². The van der Waals surface area contributed by atoms with E-state index in [2.05, 4.69) is 4.89 Å². The van der Waals surface area contributed by atoms with E-state index in [9.17, 15) is 0 Å². The summed E-state index contributed by atoms with van der Waals surface area (Å²) < 4.78 is 5.26. The van der Waals surface area contributed by atoms with Crippen LogP contribution in [0, 0.1) is 0 Å². The van der Waals surface area contributed by atoms with Crippen molar-refractivity contribution in [3.8, 4) is 0 Å². The molecule has 1 heterocycles. The maximum Gasteiger partial charge on any atom is 0.492 e. The molecule has 0 aromatic heterocycles. The van der Waals surface area contributed by atoms with Gasteiger partial charge in [0.05, 0.1) is 6.61 Å². The van der Waals surface area contributed by atoms with Gasteiger partial charge in [-0.25, -0.2) is 0 Å². The molecule has 1 fully saturated rings. The normalized spacial score (nSPS) is 19.7. The van der Waals surface area contributed by atoms with Crippen molar-refractivity contribution in [1.29, 1.82) is 0 Å². The van der Waals surface area contributed by atoms with Gasteiger partial charge in [-0.2, -0.15) is 0 Å². The summed E-state index contributed by atoms with van der Waals surface area (Å²) in [7, 11) is -0.134. The van der Waals surface area contributed by atoms with Gasteiger partial charge in [0, 0.05) is 12.4 Å². The van der Waals surface area contributed by atoms with Gasteiger partial charge in [0.25, 0.3) is 0 Å². The summed E-state index contributed by atoms with van der Waals surface area (Å²) in [6.07, 6.45) is 1.06. The van der Waals surface area contributed by atoms with Crippen LogP contribution in [-0.4, -0.2) is 19.8 Å². The van der Waals surface area contributed by atoms with Gasteiger partial charge in [-0.05, 0) is 13.8 Å². The molecule has 0 aliphatic carbocycles. The molecule has 0 unspecified atom stereocenters. The first-order valence-electron chi connectivity index (χ1n) is 3.23. The Morgan fingerprint density at radius 1 is 1.56 bits per heavy atom. The third-order valence-corrected chi connectivity index (χ3v) is 1.04. The Bertz CT molecular complexity index is 80.3. The first-order valence-corrected chi connectivity index (χ1v) is 3.23. The zero-order valence-corrected chi connectivity index (χ0v) is 5.79. The molecule has 9 heavy (non-hydrogen) atoms. The molecule has 0 amide bonds. The lowest BCUT2D eigenvalue weighted by Gasteiger charge is -2.07. The second-order valence-electron chi connectivity index (χ2n) is 2.32. The Morgan fingerprint density at radius 3 is 2.78 bits per heavy atom. The first kappa shape index (κ1) is 7.06. The number of hydrogen-bond acceptors (Lipinski definition) is 3. The molecule has 0 N–H and O–H groups in total. The highest BCUT2D eigenvalue weighted by molar-refractivity contribution is 6.44. The highest BCUT2D eigenvalue weighted by Crippen LogP contribution is 2.08. The van der Waals surface area contributed by atoms with Crippen molar-refractivity contribution in [2.75, 3.05) is 6.61 Å². The van der Waals surface area contributed by atoms with E-state index >= 15 is 0 Å². The topological polar surface area (TPSA) is 27.7 Å². The fourth-order valence-electron chi connectivity index (χ4n) is 0.711. The molecule has 0 atom stereocenters. The molecular weight excluding hydrogens is 119 g/mol. The van der Waals surface area contributed by atoms with Crippen LogP contribution in [-0.2, 0) is 14.3 Å². The summed E-state index contributed by atoms with van der Waals surface area (Å²) in [4.78, 5) is 9.37. The highest BCUT2D eigenvalue weighted by atomic mass is 17.2. The minimum atomic E-state index is -0.134. The lowest BCUT2D eigenvalue weighted by molar-refractivity contribution is -0.196. The molecule has 1 rings (SSSR count). The van der Waals surface area contributed by atoms with E-state index in [0.717, 1.165) is 6.32 Å². The smallest absolute Gasteiger partial charge is 0.407 e. The van der Waals surface area contributed by atoms with Gasteiger partial charge in [-0.15, -0.1) is 0 Å². The Kier molecular flexibility index (Phi) is 2.51. The second-order valence-corrected chi connectivity index (χ2v) is 2.32. The van der Waals surface area contributed by atoms with Gasteiger partial charge in [0.15, 0.2) is 0 Å². The summed E-state index contributed by atoms with van der Waals surface area (Å²) in [6.45, 7) is 4.60. The van der Waals surface area contributed by atoms with Gasteiger partial charge in [-0.1, -0.05) is 0 Å². The van der Waals surface area contributed by atoms with Crippen LogP contribution in [0.4, 0.5) is 0 Å². The van der Waals surface area contributed by atoms with Crippen LogP contribution in [0.1, 0.15) is 13.8 Å². The SMILES string of the molecule is CC(C)OB1CCOO1. The Hall–Kier alpha value is -0.0551. The van der Waals surface area contributed by atoms with E-state index in [1.807, 2.05) is 13.8 Å². The van der Waals surface area contributed by atoms with Crippen molar-refractivity contribution in [2.45, 2.75) is 26.3 Å². The molecule has 0 aromatic carbocycles. The zero-order valence-electron chi connectivity index (χ0n) is 5.79. The Morgan fingerprint density at radius 2 is 2.33 bits per heavy atom. The number of rotatable bonds is 2. The van der Waals surface area contributed by atoms with Gasteiger partial charge in [-0.3, -0.25) is 9.69 Å². The van der Waals surface area contributed by atoms with E-state index < -0.39 is 0 Å². The predicted octanol–water partition coefficient (Wildman–Crippen LogP) is 0.861. The fraction of sp³-hybridized carbons (Fsp3) is 1.00. The summed E-state index contributed by atoms with van der Waals surface area (Å²) in [5, 5.41) is 0. The molecule has 0 saturated carbocycles. The number of hydrogen-bond donors (Lipinski definition) is 0.